The van der Waals surface area contributed by atoms with Crippen LogP contribution in [0.5, 0.6) is 5.75 Å². The molecule has 0 fully saturated rings. The lowest BCUT2D eigenvalue weighted by molar-refractivity contribution is -0.128. The highest BCUT2D eigenvalue weighted by Crippen LogP contribution is 2.30. The number of nitrogens with one attached hydrogen (secondary N) is 2. The van der Waals surface area contributed by atoms with E-state index >= 15 is 0 Å². The van der Waals surface area contributed by atoms with E-state index in [1.54, 1.807) is 43.0 Å². The van der Waals surface area contributed by atoms with Gasteiger partial charge >= 0.3 is 0 Å². The Kier molecular flexibility index (Phi) is 9.64. The van der Waals surface area contributed by atoms with E-state index in [1.807, 2.05) is 72.8 Å². The number of phenols is 1. The summed E-state index contributed by atoms with van der Waals surface area (Å²) in [4.78, 5) is 41.1. The Morgan fingerprint density at radius 3 is 2.29 bits per heavy atom. The van der Waals surface area contributed by atoms with Crippen molar-refractivity contribution in [2.45, 2.75) is 64.2 Å². The smallest absolute Gasteiger partial charge is 0.249 e. The summed E-state index contributed by atoms with van der Waals surface area (Å²) in [5.74, 6) is -0.282. The third-order valence-corrected chi connectivity index (χ3v) is 7.90. The van der Waals surface area contributed by atoms with Gasteiger partial charge in [-0.2, -0.15) is 0 Å². The number of fused-ring (bicyclic) bond motifs is 1. The van der Waals surface area contributed by atoms with Gasteiger partial charge in [0.05, 0.1) is 13.0 Å². The number of phenolic OH excluding ortho intramolecular Hbond substituents is 1. The molecule has 4 aromatic carbocycles. The number of para-hydroxylation sites is 1. The number of amides is 3. The second-order valence-corrected chi connectivity index (χ2v) is 12.4. The van der Waals surface area contributed by atoms with Crippen LogP contribution in [0, 0.1) is 0 Å². The first kappa shape index (κ1) is 31.5. The molecule has 0 bridgehead atoms. The van der Waals surface area contributed by atoms with Crippen molar-refractivity contribution < 1.29 is 19.5 Å². The van der Waals surface area contributed by atoms with Gasteiger partial charge in [-0.05, 0) is 78.3 Å². The number of aromatic hydroxyl groups is 1. The fourth-order valence-corrected chi connectivity index (χ4v) is 5.65. The molecule has 4 aromatic rings. The van der Waals surface area contributed by atoms with Crippen molar-refractivity contribution in [1.29, 1.82) is 0 Å². The summed E-state index contributed by atoms with van der Waals surface area (Å²) in [6.45, 7) is 4.32. The van der Waals surface area contributed by atoms with E-state index in [9.17, 15) is 19.5 Å². The Bertz CT molecular complexity index is 1660. The van der Waals surface area contributed by atoms with Gasteiger partial charge in [-0.1, -0.05) is 78.9 Å². The van der Waals surface area contributed by atoms with Crippen molar-refractivity contribution in [3.05, 3.63) is 119 Å². The van der Waals surface area contributed by atoms with Crippen LogP contribution in [0.15, 0.2) is 97.1 Å². The molecular weight excluding hydrogens is 564 g/mol. The zero-order chi connectivity index (χ0) is 32.0. The summed E-state index contributed by atoms with van der Waals surface area (Å²) in [5.41, 5.74) is 12.0. The molecule has 0 spiro atoms. The van der Waals surface area contributed by atoms with Crippen LogP contribution in [0.3, 0.4) is 0 Å². The lowest BCUT2D eigenvalue weighted by Crippen LogP contribution is -2.49. The molecule has 0 saturated carbocycles. The molecule has 5 rings (SSSR count). The molecule has 1 heterocycles. The lowest BCUT2D eigenvalue weighted by Gasteiger charge is -2.27. The summed E-state index contributed by atoms with van der Waals surface area (Å²) < 4.78 is 0. The molecule has 232 valence electrons. The minimum atomic E-state index is -0.668. The maximum Gasteiger partial charge on any atom is 0.249 e. The zero-order valence-electron chi connectivity index (χ0n) is 25.8. The van der Waals surface area contributed by atoms with Gasteiger partial charge < -0.3 is 26.4 Å². The van der Waals surface area contributed by atoms with Crippen molar-refractivity contribution in [1.82, 2.24) is 10.6 Å². The van der Waals surface area contributed by atoms with Crippen molar-refractivity contribution >= 4 is 23.4 Å². The van der Waals surface area contributed by atoms with E-state index in [0.29, 0.717) is 25.9 Å². The van der Waals surface area contributed by atoms with E-state index in [4.69, 9.17) is 5.73 Å². The Morgan fingerprint density at radius 2 is 1.56 bits per heavy atom. The van der Waals surface area contributed by atoms with Crippen LogP contribution in [0.1, 0.15) is 48.9 Å². The van der Waals surface area contributed by atoms with E-state index in [0.717, 1.165) is 39.1 Å². The first-order valence-corrected chi connectivity index (χ1v) is 15.2. The highest BCUT2D eigenvalue weighted by atomic mass is 16.3. The van der Waals surface area contributed by atoms with Gasteiger partial charge in [-0.25, -0.2) is 0 Å². The zero-order valence-corrected chi connectivity index (χ0v) is 25.8. The molecule has 3 amide bonds. The van der Waals surface area contributed by atoms with Crippen molar-refractivity contribution in [2.24, 2.45) is 5.73 Å². The van der Waals surface area contributed by atoms with Crippen molar-refractivity contribution in [3.8, 4) is 16.9 Å². The van der Waals surface area contributed by atoms with Gasteiger partial charge in [-0.15, -0.1) is 0 Å². The fraction of sp³-hybridized carbons (Fsp3) is 0.270. The lowest BCUT2D eigenvalue weighted by atomic mass is 9.96. The first-order valence-electron chi connectivity index (χ1n) is 15.2. The summed E-state index contributed by atoms with van der Waals surface area (Å²) in [5, 5.41) is 15.4. The summed E-state index contributed by atoms with van der Waals surface area (Å²) in [6.07, 6.45) is 1.55. The predicted molar refractivity (Wildman–Crippen MR) is 176 cm³/mol. The predicted octanol–water partition coefficient (Wildman–Crippen LogP) is 5.01. The number of carbonyl (C=O) groups excluding carboxylic acids is 3. The van der Waals surface area contributed by atoms with Gasteiger partial charge in [0.15, 0.2) is 0 Å². The number of hydrogen-bond acceptors (Lipinski definition) is 5. The number of rotatable bonds is 10. The average Bonchev–Trinajstić information content (AvgIpc) is 3.13. The van der Waals surface area contributed by atoms with E-state index in [1.165, 1.54) is 0 Å². The average molecular weight is 605 g/mol. The molecule has 8 heteroatoms. The highest BCUT2D eigenvalue weighted by molar-refractivity contribution is 6.00. The minimum absolute atomic E-state index is 0.0952. The molecule has 8 nitrogen and oxygen atoms in total. The second-order valence-electron chi connectivity index (χ2n) is 12.4. The number of aryl methyl sites for hydroxylation is 1. The Balaban J connectivity index is 1.30. The molecule has 1 atom stereocenters. The standard InChI is InChI=1S/C37H40N4O4/c1-37(2,38)22-35(44)40-32-20-17-28-7-4-6-10-33(28)41(36(32)45)24-26-11-15-27(16-12-26)31-9-5-3-8-29(31)21-34(43)39-23-25-13-18-30(42)19-14-25/h3-16,18-19,32,42H,17,20-24,38H2,1-2H3,(H,39,43)(H,40,44)/t32-/m1/s1. The second kappa shape index (κ2) is 13.8. The molecule has 0 aliphatic carbocycles. The number of nitrogens with zero attached hydrogens (tertiary/aromatic N) is 1. The summed E-state index contributed by atoms with van der Waals surface area (Å²) in [7, 11) is 0. The molecule has 5 N–H and O–H groups in total. The third-order valence-electron chi connectivity index (χ3n) is 7.90. The highest BCUT2D eigenvalue weighted by Gasteiger charge is 2.32. The van der Waals surface area contributed by atoms with Gasteiger partial charge in [-0.3, -0.25) is 14.4 Å². The van der Waals surface area contributed by atoms with E-state index in [-0.39, 0.29) is 36.3 Å². The number of anilines is 1. The number of hydrogen-bond donors (Lipinski definition) is 4. The SMILES string of the molecule is CC(C)(N)CC(=O)N[C@@H]1CCc2ccccc2N(Cc2ccc(-c3ccccc3CC(=O)NCc3ccc(O)cc3)cc2)C1=O. The Labute approximate surface area is 264 Å². The number of carbonyl (C=O) groups is 3. The van der Waals surface area contributed by atoms with Crippen molar-refractivity contribution in [2.75, 3.05) is 4.90 Å². The molecule has 0 aromatic heterocycles. The Morgan fingerprint density at radius 1 is 0.889 bits per heavy atom. The topological polar surface area (TPSA) is 125 Å². The maximum atomic E-state index is 13.8. The number of benzene rings is 4. The van der Waals surface area contributed by atoms with Crippen LogP contribution in [0.2, 0.25) is 0 Å². The van der Waals surface area contributed by atoms with Crippen LogP contribution in [-0.2, 0) is 40.3 Å². The van der Waals surface area contributed by atoms with Crippen LogP contribution in [0.4, 0.5) is 5.69 Å². The Hall–Kier alpha value is -4.95. The molecule has 1 aliphatic heterocycles. The summed E-state index contributed by atoms with van der Waals surface area (Å²) in [6, 6.07) is 29.9. The quantitative estimate of drug-likeness (QED) is 0.203. The number of nitrogens with two attached hydrogens (primary N) is 1. The van der Waals surface area contributed by atoms with Gasteiger partial charge in [0.1, 0.15) is 11.8 Å². The van der Waals surface area contributed by atoms with Crippen LogP contribution >= 0.6 is 0 Å². The van der Waals surface area contributed by atoms with Gasteiger partial charge in [0.2, 0.25) is 17.7 Å². The summed E-state index contributed by atoms with van der Waals surface area (Å²) >= 11 is 0. The van der Waals surface area contributed by atoms with E-state index < -0.39 is 11.6 Å². The molecule has 1 aliphatic rings. The minimum Gasteiger partial charge on any atom is -0.508 e. The monoisotopic (exact) mass is 604 g/mol. The fourth-order valence-electron chi connectivity index (χ4n) is 5.65. The maximum absolute atomic E-state index is 13.8. The van der Waals surface area contributed by atoms with Crippen molar-refractivity contribution in [3.63, 3.8) is 0 Å². The normalized spacial score (nSPS) is 14.8. The van der Waals surface area contributed by atoms with Gasteiger partial charge in [0.25, 0.3) is 0 Å². The molecule has 45 heavy (non-hydrogen) atoms. The molecule has 0 unspecified atom stereocenters. The molecule has 0 saturated heterocycles. The largest absolute Gasteiger partial charge is 0.508 e. The van der Waals surface area contributed by atoms with Crippen LogP contribution in [-0.4, -0.2) is 34.4 Å². The van der Waals surface area contributed by atoms with Gasteiger partial charge in [0, 0.05) is 24.2 Å². The first-order chi connectivity index (χ1) is 21.6. The molecular formula is C37H40N4O4. The molecule has 0 radical (unpaired) electrons. The van der Waals surface area contributed by atoms with Crippen LogP contribution < -0.4 is 21.3 Å². The third kappa shape index (κ3) is 8.37. The van der Waals surface area contributed by atoms with Crippen LogP contribution in [0.25, 0.3) is 11.1 Å². The van der Waals surface area contributed by atoms with E-state index in [2.05, 4.69) is 10.6 Å².